The van der Waals surface area contributed by atoms with E-state index in [1.807, 2.05) is 6.07 Å². The minimum absolute atomic E-state index is 0.565. The topological polar surface area (TPSA) is 69.7 Å². The SMILES string of the molecule is OC1(c2ccccc2)N=NN=N1. The molecule has 0 radical (unpaired) electrons. The summed E-state index contributed by atoms with van der Waals surface area (Å²) in [4.78, 5) is 0. The van der Waals surface area contributed by atoms with Crippen molar-refractivity contribution in [2.45, 2.75) is 5.85 Å². The fraction of sp³-hybridized carbons (Fsp3) is 0.143. The van der Waals surface area contributed by atoms with Gasteiger partial charge < -0.3 is 5.11 Å². The quantitative estimate of drug-likeness (QED) is 0.669. The Bertz CT molecular complexity index is 321. The molecule has 1 aromatic rings. The van der Waals surface area contributed by atoms with Gasteiger partial charge in [0.15, 0.2) is 0 Å². The number of hydrogen-bond acceptors (Lipinski definition) is 5. The molecule has 0 saturated carbocycles. The van der Waals surface area contributed by atoms with E-state index in [1.54, 1.807) is 24.3 Å². The lowest BCUT2D eigenvalue weighted by Gasteiger charge is -2.10. The lowest BCUT2D eigenvalue weighted by molar-refractivity contribution is 0.0530. The molecule has 0 spiro atoms. The Balaban J connectivity index is 2.43. The van der Waals surface area contributed by atoms with Crippen LogP contribution in [0.15, 0.2) is 51.0 Å². The third kappa shape index (κ3) is 0.998. The van der Waals surface area contributed by atoms with Crippen molar-refractivity contribution < 1.29 is 5.11 Å². The summed E-state index contributed by atoms with van der Waals surface area (Å²) in [5.74, 6) is -1.60. The normalized spacial score (nSPS) is 18.4. The van der Waals surface area contributed by atoms with Gasteiger partial charge in [0.1, 0.15) is 0 Å². The summed E-state index contributed by atoms with van der Waals surface area (Å²) in [6.07, 6.45) is 0. The van der Waals surface area contributed by atoms with E-state index >= 15 is 0 Å². The Morgan fingerprint density at radius 2 is 1.58 bits per heavy atom. The molecule has 1 aromatic carbocycles. The number of benzene rings is 1. The van der Waals surface area contributed by atoms with Crippen LogP contribution in [0.3, 0.4) is 0 Å². The summed E-state index contributed by atoms with van der Waals surface area (Å²) in [5, 5.41) is 23.1. The first-order chi connectivity index (χ1) is 5.81. The number of nitrogens with zero attached hydrogens (tertiary/aromatic N) is 4. The molecule has 1 N–H and O–H groups in total. The molecule has 0 saturated heterocycles. The second kappa shape index (κ2) is 2.46. The molecular weight excluding hydrogens is 156 g/mol. The third-order valence-electron chi connectivity index (χ3n) is 1.57. The van der Waals surface area contributed by atoms with Gasteiger partial charge in [-0.05, 0) is 10.4 Å². The highest BCUT2D eigenvalue weighted by Gasteiger charge is 2.31. The van der Waals surface area contributed by atoms with Crippen molar-refractivity contribution in [3.8, 4) is 0 Å². The summed E-state index contributed by atoms with van der Waals surface area (Å²) in [6.45, 7) is 0. The van der Waals surface area contributed by atoms with Crippen molar-refractivity contribution >= 4 is 0 Å². The predicted molar refractivity (Wildman–Crippen MR) is 40.1 cm³/mol. The molecule has 5 nitrogen and oxygen atoms in total. The predicted octanol–water partition coefficient (Wildman–Crippen LogP) is 1.62. The molecule has 1 aliphatic heterocycles. The van der Waals surface area contributed by atoms with Gasteiger partial charge in [0, 0.05) is 5.56 Å². The third-order valence-corrected chi connectivity index (χ3v) is 1.57. The fourth-order valence-corrected chi connectivity index (χ4v) is 0.962. The maximum absolute atomic E-state index is 9.64. The lowest BCUT2D eigenvalue weighted by Crippen LogP contribution is -2.16. The van der Waals surface area contributed by atoms with Crippen molar-refractivity contribution in [3.05, 3.63) is 35.9 Å². The smallest absolute Gasteiger partial charge is 0.322 e. The van der Waals surface area contributed by atoms with Gasteiger partial charge in [0.2, 0.25) is 0 Å². The van der Waals surface area contributed by atoms with E-state index in [0.29, 0.717) is 5.56 Å². The van der Waals surface area contributed by atoms with Crippen molar-refractivity contribution in [1.29, 1.82) is 0 Å². The van der Waals surface area contributed by atoms with Gasteiger partial charge in [-0.2, -0.15) is 0 Å². The Hall–Kier alpha value is -1.62. The molecule has 0 aromatic heterocycles. The molecular formula is C7H6N4O. The summed E-state index contributed by atoms with van der Waals surface area (Å²) in [5.41, 5.74) is 0.565. The fourth-order valence-electron chi connectivity index (χ4n) is 0.962. The average molecular weight is 162 g/mol. The molecule has 0 bridgehead atoms. The Labute approximate surface area is 68.4 Å². The molecule has 0 unspecified atom stereocenters. The first-order valence-electron chi connectivity index (χ1n) is 3.43. The standard InChI is InChI=1S/C7H6N4O/c12-7(8-10-11-9-7)6-4-2-1-3-5-6/h1-5,12H. The largest absolute Gasteiger partial charge is 0.345 e. The Morgan fingerprint density at radius 3 is 2.17 bits per heavy atom. The van der Waals surface area contributed by atoms with Crippen molar-refractivity contribution in [1.82, 2.24) is 0 Å². The van der Waals surface area contributed by atoms with Crippen LogP contribution in [-0.4, -0.2) is 5.11 Å². The highest BCUT2D eigenvalue weighted by atomic mass is 16.3. The first-order valence-corrected chi connectivity index (χ1v) is 3.43. The van der Waals surface area contributed by atoms with Gasteiger partial charge >= 0.3 is 5.85 Å². The van der Waals surface area contributed by atoms with Crippen LogP contribution in [0.1, 0.15) is 5.56 Å². The van der Waals surface area contributed by atoms with E-state index in [-0.39, 0.29) is 0 Å². The maximum Gasteiger partial charge on any atom is 0.322 e. The number of rotatable bonds is 1. The van der Waals surface area contributed by atoms with E-state index < -0.39 is 5.85 Å². The lowest BCUT2D eigenvalue weighted by atomic mass is 10.1. The summed E-state index contributed by atoms with van der Waals surface area (Å²) < 4.78 is 0. The van der Waals surface area contributed by atoms with Crippen LogP contribution in [0.4, 0.5) is 0 Å². The molecule has 0 aliphatic carbocycles. The molecule has 0 atom stereocenters. The molecule has 60 valence electrons. The minimum atomic E-state index is -1.60. The average Bonchev–Trinajstić information content (AvgIpc) is 2.55. The second-order valence-electron chi connectivity index (χ2n) is 2.38. The molecule has 1 aliphatic rings. The monoisotopic (exact) mass is 162 g/mol. The summed E-state index contributed by atoms with van der Waals surface area (Å²) >= 11 is 0. The van der Waals surface area contributed by atoms with Gasteiger partial charge in [0.25, 0.3) is 0 Å². The van der Waals surface area contributed by atoms with E-state index in [1.165, 1.54) is 0 Å². The Morgan fingerprint density at radius 1 is 1.00 bits per heavy atom. The van der Waals surface area contributed by atoms with Crippen molar-refractivity contribution in [2.24, 2.45) is 20.7 Å². The van der Waals surface area contributed by atoms with Gasteiger partial charge in [-0.25, -0.2) is 0 Å². The number of aliphatic hydroxyl groups is 1. The van der Waals surface area contributed by atoms with Crippen LogP contribution in [0.25, 0.3) is 0 Å². The highest BCUT2D eigenvalue weighted by molar-refractivity contribution is 5.20. The molecule has 0 fully saturated rings. The van der Waals surface area contributed by atoms with E-state index in [4.69, 9.17) is 0 Å². The first kappa shape index (κ1) is 7.05. The van der Waals surface area contributed by atoms with Gasteiger partial charge in [-0.1, -0.05) is 30.3 Å². The van der Waals surface area contributed by atoms with E-state index in [9.17, 15) is 5.11 Å². The van der Waals surface area contributed by atoms with Crippen LogP contribution >= 0.6 is 0 Å². The zero-order valence-corrected chi connectivity index (χ0v) is 6.12. The van der Waals surface area contributed by atoms with Crippen LogP contribution in [0.2, 0.25) is 0 Å². The van der Waals surface area contributed by atoms with E-state index in [2.05, 4.69) is 20.7 Å². The summed E-state index contributed by atoms with van der Waals surface area (Å²) in [6, 6.07) is 8.84. The van der Waals surface area contributed by atoms with Crippen molar-refractivity contribution in [3.63, 3.8) is 0 Å². The number of hydrogen-bond donors (Lipinski definition) is 1. The van der Waals surface area contributed by atoms with Gasteiger partial charge in [-0.3, -0.25) is 0 Å². The Kier molecular flexibility index (Phi) is 1.44. The molecule has 0 amide bonds. The molecule has 2 rings (SSSR count). The van der Waals surface area contributed by atoms with Crippen LogP contribution in [0.5, 0.6) is 0 Å². The van der Waals surface area contributed by atoms with Crippen LogP contribution in [-0.2, 0) is 5.85 Å². The molecule has 5 heteroatoms. The molecule has 12 heavy (non-hydrogen) atoms. The maximum atomic E-state index is 9.64. The zero-order chi connectivity index (χ0) is 8.44. The zero-order valence-electron chi connectivity index (χ0n) is 6.12. The van der Waals surface area contributed by atoms with Gasteiger partial charge in [-0.15, -0.1) is 10.2 Å². The summed E-state index contributed by atoms with van der Waals surface area (Å²) in [7, 11) is 0. The molecule has 1 heterocycles. The van der Waals surface area contributed by atoms with Gasteiger partial charge in [0.05, 0.1) is 0 Å². The minimum Gasteiger partial charge on any atom is -0.345 e. The van der Waals surface area contributed by atoms with Crippen molar-refractivity contribution in [2.75, 3.05) is 0 Å². The van der Waals surface area contributed by atoms with Crippen LogP contribution < -0.4 is 0 Å². The van der Waals surface area contributed by atoms with E-state index in [0.717, 1.165) is 0 Å². The highest BCUT2D eigenvalue weighted by Crippen LogP contribution is 2.28. The second-order valence-corrected chi connectivity index (χ2v) is 2.38. The van der Waals surface area contributed by atoms with Crippen LogP contribution in [0, 0.1) is 0 Å².